The standard InChI is InChI=1S/C21H27NO3S/c1-15(2)14-25-18-10-8-16(9-11-18)12-19-20(23)22(21(24)26-19)13-17-6-4-3-5-7-17/h8-12,15,17H,3-7,13-14H2,1-2H3/b19-12+. The molecule has 1 aliphatic carbocycles. The molecule has 4 nitrogen and oxygen atoms in total. The normalized spacial score (nSPS) is 20.4. The highest BCUT2D eigenvalue weighted by Gasteiger charge is 2.36. The van der Waals surface area contributed by atoms with Crippen LogP contribution in [0.3, 0.4) is 0 Å². The Kier molecular flexibility index (Phi) is 6.41. The van der Waals surface area contributed by atoms with Crippen LogP contribution < -0.4 is 4.74 Å². The summed E-state index contributed by atoms with van der Waals surface area (Å²) in [6.07, 6.45) is 7.74. The molecule has 0 aromatic heterocycles. The summed E-state index contributed by atoms with van der Waals surface area (Å²) in [6, 6.07) is 7.65. The minimum absolute atomic E-state index is 0.135. The van der Waals surface area contributed by atoms with E-state index in [1.807, 2.05) is 24.3 Å². The minimum atomic E-state index is -0.147. The first-order chi connectivity index (χ1) is 12.5. The number of hydrogen-bond donors (Lipinski definition) is 0. The van der Waals surface area contributed by atoms with E-state index in [2.05, 4.69) is 13.8 Å². The van der Waals surface area contributed by atoms with Crippen LogP contribution in [0.1, 0.15) is 51.5 Å². The van der Waals surface area contributed by atoms with E-state index >= 15 is 0 Å². The predicted octanol–water partition coefficient (Wildman–Crippen LogP) is 5.34. The maximum Gasteiger partial charge on any atom is 0.293 e. The zero-order chi connectivity index (χ0) is 18.5. The summed E-state index contributed by atoms with van der Waals surface area (Å²) in [5.74, 6) is 1.62. The van der Waals surface area contributed by atoms with Crippen LogP contribution in [0, 0.1) is 11.8 Å². The molecule has 5 heteroatoms. The van der Waals surface area contributed by atoms with Crippen molar-refractivity contribution in [3.8, 4) is 5.75 Å². The van der Waals surface area contributed by atoms with E-state index in [4.69, 9.17) is 4.74 Å². The quantitative estimate of drug-likeness (QED) is 0.632. The lowest BCUT2D eigenvalue weighted by atomic mass is 9.89. The highest BCUT2D eigenvalue weighted by molar-refractivity contribution is 8.18. The Bertz CT molecular complexity index is 675. The fourth-order valence-corrected chi connectivity index (χ4v) is 4.21. The van der Waals surface area contributed by atoms with Gasteiger partial charge in [0.25, 0.3) is 11.1 Å². The van der Waals surface area contributed by atoms with Gasteiger partial charge < -0.3 is 4.74 Å². The van der Waals surface area contributed by atoms with Gasteiger partial charge in [-0.05, 0) is 60.2 Å². The number of thioether (sulfide) groups is 1. The number of imide groups is 1. The molecule has 1 aromatic carbocycles. The van der Waals surface area contributed by atoms with Crippen molar-refractivity contribution in [2.24, 2.45) is 11.8 Å². The Morgan fingerprint density at radius 1 is 1.15 bits per heavy atom. The molecule has 0 spiro atoms. The number of nitrogens with zero attached hydrogens (tertiary/aromatic N) is 1. The fraction of sp³-hybridized carbons (Fsp3) is 0.524. The molecule has 1 heterocycles. The van der Waals surface area contributed by atoms with Crippen LogP contribution >= 0.6 is 11.8 Å². The second-order valence-corrected chi connectivity index (χ2v) is 8.56. The van der Waals surface area contributed by atoms with Gasteiger partial charge in [0, 0.05) is 6.54 Å². The van der Waals surface area contributed by atoms with Crippen LogP contribution in [0.5, 0.6) is 5.75 Å². The van der Waals surface area contributed by atoms with Crippen molar-refractivity contribution < 1.29 is 14.3 Å². The van der Waals surface area contributed by atoms with Gasteiger partial charge in [-0.15, -0.1) is 0 Å². The second kappa shape index (κ2) is 8.76. The summed E-state index contributed by atoms with van der Waals surface area (Å²) in [5, 5.41) is -0.135. The van der Waals surface area contributed by atoms with Gasteiger partial charge in [-0.2, -0.15) is 0 Å². The summed E-state index contributed by atoms with van der Waals surface area (Å²) in [4.78, 5) is 26.9. The summed E-state index contributed by atoms with van der Waals surface area (Å²) >= 11 is 1.05. The first kappa shape index (κ1) is 19.0. The Hall–Kier alpha value is -1.75. The van der Waals surface area contributed by atoms with Crippen molar-refractivity contribution in [2.45, 2.75) is 46.0 Å². The lowest BCUT2D eigenvalue weighted by molar-refractivity contribution is -0.123. The van der Waals surface area contributed by atoms with Crippen molar-refractivity contribution >= 4 is 29.0 Å². The van der Waals surface area contributed by atoms with E-state index in [0.29, 0.717) is 29.9 Å². The van der Waals surface area contributed by atoms with E-state index in [-0.39, 0.29) is 11.1 Å². The minimum Gasteiger partial charge on any atom is -0.493 e. The SMILES string of the molecule is CC(C)COc1ccc(/C=C2/SC(=O)N(CC3CCCCC3)C2=O)cc1. The van der Waals surface area contributed by atoms with Crippen molar-refractivity contribution in [3.05, 3.63) is 34.7 Å². The summed E-state index contributed by atoms with van der Waals surface area (Å²) in [7, 11) is 0. The van der Waals surface area contributed by atoms with Crippen LogP contribution in [0.4, 0.5) is 4.79 Å². The Morgan fingerprint density at radius 3 is 2.50 bits per heavy atom. The lowest BCUT2D eigenvalue weighted by Gasteiger charge is -2.25. The topological polar surface area (TPSA) is 46.6 Å². The van der Waals surface area contributed by atoms with Gasteiger partial charge in [-0.3, -0.25) is 14.5 Å². The van der Waals surface area contributed by atoms with Gasteiger partial charge in [0.15, 0.2) is 0 Å². The largest absolute Gasteiger partial charge is 0.493 e. The van der Waals surface area contributed by atoms with Gasteiger partial charge in [0.05, 0.1) is 11.5 Å². The van der Waals surface area contributed by atoms with E-state index in [9.17, 15) is 9.59 Å². The monoisotopic (exact) mass is 373 g/mol. The van der Waals surface area contributed by atoms with Gasteiger partial charge in [0.1, 0.15) is 5.75 Å². The summed E-state index contributed by atoms with van der Waals surface area (Å²) in [6.45, 7) is 5.47. The Labute approximate surface area is 160 Å². The molecule has 1 aromatic rings. The smallest absolute Gasteiger partial charge is 0.293 e. The van der Waals surface area contributed by atoms with Crippen LogP contribution in [0.2, 0.25) is 0 Å². The molecule has 2 aliphatic rings. The number of ether oxygens (including phenoxy) is 1. The molecular formula is C21H27NO3S. The van der Waals surface area contributed by atoms with Gasteiger partial charge in [-0.1, -0.05) is 45.2 Å². The van der Waals surface area contributed by atoms with Gasteiger partial charge in [0.2, 0.25) is 0 Å². The van der Waals surface area contributed by atoms with E-state index in [1.165, 1.54) is 24.2 Å². The molecule has 0 radical (unpaired) electrons. The number of carbonyl (C=O) groups is 2. The molecule has 0 atom stereocenters. The first-order valence-electron chi connectivity index (χ1n) is 9.51. The van der Waals surface area contributed by atoms with Gasteiger partial charge in [-0.25, -0.2) is 0 Å². The first-order valence-corrected chi connectivity index (χ1v) is 10.3. The highest BCUT2D eigenvalue weighted by atomic mass is 32.2. The molecular weight excluding hydrogens is 346 g/mol. The molecule has 1 saturated heterocycles. The molecule has 2 amide bonds. The molecule has 0 bridgehead atoms. The maximum absolute atomic E-state index is 12.6. The summed E-state index contributed by atoms with van der Waals surface area (Å²) in [5.41, 5.74) is 0.907. The molecule has 3 rings (SSSR count). The number of hydrogen-bond acceptors (Lipinski definition) is 4. The van der Waals surface area contributed by atoms with Crippen molar-refractivity contribution in [1.29, 1.82) is 0 Å². The van der Waals surface area contributed by atoms with E-state index < -0.39 is 0 Å². The van der Waals surface area contributed by atoms with Crippen LogP contribution in [0.15, 0.2) is 29.2 Å². The zero-order valence-corrected chi connectivity index (χ0v) is 16.4. The molecule has 1 saturated carbocycles. The van der Waals surface area contributed by atoms with E-state index in [1.54, 1.807) is 6.08 Å². The third kappa shape index (κ3) is 4.91. The number of amides is 2. The van der Waals surface area contributed by atoms with Gasteiger partial charge >= 0.3 is 0 Å². The predicted molar refractivity (Wildman–Crippen MR) is 106 cm³/mol. The van der Waals surface area contributed by atoms with Crippen LogP contribution in [-0.2, 0) is 4.79 Å². The molecule has 26 heavy (non-hydrogen) atoms. The maximum atomic E-state index is 12.6. The molecule has 0 N–H and O–H groups in total. The van der Waals surface area contributed by atoms with Crippen molar-refractivity contribution in [3.63, 3.8) is 0 Å². The van der Waals surface area contributed by atoms with Crippen molar-refractivity contribution in [2.75, 3.05) is 13.2 Å². The summed E-state index contributed by atoms with van der Waals surface area (Å²) < 4.78 is 5.68. The average molecular weight is 374 g/mol. The highest BCUT2D eigenvalue weighted by Crippen LogP contribution is 2.35. The van der Waals surface area contributed by atoms with Crippen LogP contribution in [-0.4, -0.2) is 29.2 Å². The third-order valence-electron chi connectivity index (χ3n) is 4.80. The fourth-order valence-electron chi connectivity index (χ4n) is 3.36. The lowest BCUT2D eigenvalue weighted by Crippen LogP contribution is -2.34. The molecule has 2 fully saturated rings. The molecule has 0 unspecified atom stereocenters. The van der Waals surface area contributed by atoms with Crippen LogP contribution in [0.25, 0.3) is 6.08 Å². The number of carbonyl (C=O) groups excluding carboxylic acids is 2. The average Bonchev–Trinajstić information content (AvgIpc) is 2.89. The Morgan fingerprint density at radius 2 is 1.85 bits per heavy atom. The van der Waals surface area contributed by atoms with Crippen molar-refractivity contribution in [1.82, 2.24) is 4.90 Å². The second-order valence-electron chi connectivity index (χ2n) is 7.57. The number of benzene rings is 1. The Balaban J connectivity index is 1.63. The molecule has 1 aliphatic heterocycles. The van der Waals surface area contributed by atoms with E-state index in [0.717, 1.165) is 35.9 Å². The molecule has 140 valence electrons. The zero-order valence-electron chi connectivity index (χ0n) is 15.6. The third-order valence-corrected chi connectivity index (χ3v) is 5.71. The number of rotatable bonds is 6.